The van der Waals surface area contributed by atoms with Gasteiger partial charge in [0, 0.05) is 25.0 Å². The first-order valence-electron chi connectivity index (χ1n) is 7.45. The molecule has 2 aromatic rings. The first-order chi connectivity index (χ1) is 10.6. The molecule has 1 aliphatic rings. The number of carbonyl (C=O) groups is 1. The Morgan fingerprint density at radius 3 is 2.77 bits per heavy atom. The molecule has 1 amide bonds. The largest absolute Gasteiger partial charge is 0.484 e. The summed E-state index contributed by atoms with van der Waals surface area (Å²) in [5.41, 5.74) is 4.51. The second kappa shape index (κ2) is 6.10. The SMILES string of the molecule is Cc1ccc(OCC(=O)Nc2ccc3c(c2)CCN3C)cc1. The van der Waals surface area contributed by atoms with Gasteiger partial charge in [-0.2, -0.15) is 0 Å². The van der Waals surface area contributed by atoms with Gasteiger partial charge in [0.05, 0.1) is 0 Å². The lowest BCUT2D eigenvalue weighted by molar-refractivity contribution is -0.118. The van der Waals surface area contributed by atoms with Crippen LogP contribution in [0.2, 0.25) is 0 Å². The molecule has 0 bridgehead atoms. The minimum atomic E-state index is -0.146. The van der Waals surface area contributed by atoms with Gasteiger partial charge in [0.1, 0.15) is 5.75 Å². The fourth-order valence-electron chi connectivity index (χ4n) is 2.62. The molecule has 0 atom stereocenters. The highest BCUT2D eigenvalue weighted by Crippen LogP contribution is 2.29. The van der Waals surface area contributed by atoms with Crippen molar-refractivity contribution in [2.45, 2.75) is 13.3 Å². The number of anilines is 2. The highest BCUT2D eigenvalue weighted by atomic mass is 16.5. The van der Waals surface area contributed by atoms with Gasteiger partial charge in [-0.1, -0.05) is 17.7 Å². The van der Waals surface area contributed by atoms with Crippen molar-refractivity contribution >= 4 is 17.3 Å². The zero-order valence-electron chi connectivity index (χ0n) is 12.9. The van der Waals surface area contributed by atoms with Crippen LogP contribution in [0.4, 0.5) is 11.4 Å². The van der Waals surface area contributed by atoms with Crippen LogP contribution in [0.1, 0.15) is 11.1 Å². The Kier molecular flexibility index (Phi) is 4.00. The number of likely N-dealkylation sites (N-methyl/N-ethyl adjacent to an activating group) is 1. The van der Waals surface area contributed by atoms with Gasteiger partial charge in [0.15, 0.2) is 6.61 Å². The Labute approximate surface area is 130 Å². The summed E-state index contributed by atoms with van der Waals surface area (Å²) in [6.45, 7) is 3.06. The monoisotopic (exact) mass is 296 g/mol. The van der Waals surface area contributed by atoms with Crippen LogP contribution >= 0.6 is 0 Å². The molecule has 1 N–H and O–H groups in total. The number of fused-ring (bicyclic) bond motifs is 1. The van der Waals surface area contributed by atoms with Crippen LogP contribution in [0.15, 0.2) is 42.5 Å². The van der Waals surface area contributed by atoms with Gasteiger partial charge < -0.3 is 15.0 Å². The maximum absolute atomic E-state index is 12.0. The minimum absolute atomic E-state index is 0.0139. The molecule has 0 aromatic heterocycles. The summed E-state index contributed by atoms with van der Waals surface area (Å²) in [6.07, 6.45) is 1.02. The Bertz CT molecular complexity index is 680. The molecule has 0 spiro atoms. The third-order valence-electron chi connectivity index (χ3n) is 3.88. The van der Waals surface area contributed by atoms with Crippen LogP contribution in [0.25, 0.3) is 0 Å². The maximum Gasteiger partial charge on any atom is 0.262 e. The van der Waals surface area contributed by atoms with Gasteiger partial charge in [-0.05, 0) is 49.2 Å². The van der Waals surface area contributed by atoms with Crippen molar-refractivity contribution in [3.8, 4) is 5.75 Å². The molecule has 0 saturated carbocycles. The lowest BCUT2D eigenvalue weighted by atomic mass is 10.1. The van der Waals surface area contributed by atoms with Crippen molar-refractivity contribution in [2.75, 3.05) is 30.4 Å². The topological polar surface area (TPSA) is 41.6 Å². The molecule has 4 nitrogen and oxygen atoms in total. The minimum Gasteiger partial charge on any atom is -0.484 e. The van der Waals surface area contributed by atoms with Crippen molar-refractivity contribution in [1.29, 1.82) is 0 Å². The van der Waals surface area contributed by atoms with E-state index >= 15 is 0 Å². The molecular weight excluding hydrogens is 276 g/mol. The van der Waals surface area contributed by atoms with Crippen molar-refractivity contribution in [3.05, 3.63) is 53.6 Å². The summed E-state index contributed by atoms with van der Waals surface area (Å²) in [5.74, 6) is 0.559. The molecule has 114 valence electrons. The lowest BCUT2D eigenvalue weighted by Gasteiger charge is -2.12. The maximum atomic E-state index is 12.0. The van der Waals surface area contributed by atoms with Crippen LogP contribution < -0.4 is 15.0 Å². The first kappa shape index (κ1) is 14.4. The number of amides is 1. The number of ether oxygens (including phenoxy) is 1. The molecule has 1 heterocycles. The number of aryl methyl sites for hydroxylation is 1. The summed E-state index contributed by atoms with van der Waals surface area (Å²) in [5, 5.41) is 2.89. The average molecular weight is 296 g/mol. The molecule has 0 unspecified atom stereocenters. The van der Waals surface area contributed by atoms with E-state index in [0.29, 0.717) is 5.75 Å². The molecular formula is C18H20N2O2. The van der Waals surface area contributed by atoms with Crippen molar-refractivity contribution in [2.24, 2.45) is 0 Å². The zero-order valence-corrected chi connectivity index (χ0v) is 12.9. The third-order valence-corrected chi connectivity index (χ3v) is 3.88. The summed E-state index contributed by atoms with van der Waals surface area (Å²) < 4.78 is 5.48. The number of hydrogen-bond acceptors (Lipinski definition) is 3. The summed E-state index contributed by atoms with van der Waals surface area (Å²) in [4.78, 5) is 14.2. The quantitative estimate of drug-likeness (QED) is 0.943. The summed E-state index contributed by atoms with van der Waals surface area (Å²) in [7, 11) is 2.08. The second-order valence-electron chi connectivity index (χ2n) is 5.66. The van der Waals surface area contributed by atoms with E-state index in [-0.39, 0.29) is 12.5 Å². The molecule has 0 aliphatic carbocycles. The van der Waals surface area contributed by atoms with Crippen LogP contribution in [-0.2, 0) is 11.2 Å². The summed E-state index contributed by atoms with van der Waals surface area (Å²) in [6, 6.07) is 13.7. The predicted octanol–water partition coefficient (Wildman–Crippen LogP) is 3.00. The molecule has 1 aliphatic heterocycles. The fraction of sp³-hybridized carbons (Fsp3) is 0.278. The molecule has 0 fully saturated rings. The molecule has 0 radical (unpaired) electrons. The first-order valence-corrected chi connectivity index (χ1v) is 7.45. The highest BCUT2D eigenvalue weighted by molar-refractivity contribution is 5.92. The van der Waals surface area contributed by atoms with Crippen LogP contribution in [-0.4, -0.2) is 26.1 Å². The Morgan fingerprint density at radius 1 is 1.23 bits per heavy atom. The Hall–Kier alpha value is -2.49. The lowest BCUT2D eigenvalue weighted by Crippen LogP contribution is -2.20. The van der Waals surface area contributed by atoms with E-state index in [0.717, 1.165) is 18.7 Å². The number of nitrogens with one attached hydrogen (secondary N) is 1. The van der Waals surface area contributed by atoms with Crippen molar-refractivity contribution in [3.63, 3.8) is 0 Å². The molecule has 4 heteroatoms. The molecule has 0 saturated heterocycles. The number of benzene rings is 2. The smallest absolute Gasteiger partial charge is 0.262 e. The van der Waals surface area contributed by atoms with Gasteiger partial charge in [-0.15, -0.1) is 0 Å². The van der Waals surface area contributed by atoms with Gasteiger partial charge >= 0.3 is 0 Å². The number of carbonyl (C=O) groups excluding carboxylic acids is 1. The van der Waals surface area contributed by atoms with Crippen molar-refractivity contribution in [1.82, 2.24) is 0 Å². The fourth-order valence-corrected chi connectivity index (χ4v) is 2.62. The van der Waals surface area contributed by atoms with Crippen LogP contribution in [0, 0.1) is 6.92 Å². The van der Waals surface area contributed by atoms with E-state index in [1.165, 1.54) is 16.8 Å². The van der Waals surface area contributed by atoms with E-state index < -0.39 is 0 Å². The number of hydrogen-bond donors (Lipinski definition) is 1. The third kappa shape index (κ3) is 3.22. The van der Waals surface area contributed by atoms with Gasteiger partial charge in [-0.3, -0.25) is 4.79 Å². The van der Waals surface area contributed by atoms with E-state index in [9.17, 15) is 4.79 Å². The normalized spacial score (nSPS) is 12.9. The zero-order chi connectivity index (χ0) is 15.5. The molecule has 3 rings (SSSR count). The van der Waals surface area contributed by atoms with E-state index in [4.69, 9.17) is 4.74 Å². The van der Waals surface area contributed by atoms with Crippen LogP contribution in [0.3, 0.4) is 0 Å². The Morgan fingerprint density at radius 2 is 2.00 bits per heavy atom. The predicted molar refractivity (Wildman–Crippen MR) is 88.7 cm³/mol. The standard InChI is InChI=1S/C18H20N2O2/c1-13-3-6-16(7-4-13)22-12-18(21)19-15-5-8-17-14(11-15)9-10-20(17)2/h3-8,11H,9-10,12H2,1-2H3,(H,19,21). The van der Waals surface area contributed by atoms with Gasteiger partial charge in [-0.25, -0.2) is 0 Å². The number of rotatable bonds is 4. The second-order valence-corrected chi connectivity index (χ2v) is 5.66. The summed E-state index contributed by atoms with van der Waals surface area (Å²) >= 11 is 0. The van der Waals surface area contributed by atoms with Gasteiger partial charge in [0.25, 0.3) is 5.91 Å². The Balaban J connectivity index is 1.57. The molecule has 2 aromatic carbocycles. The van der Waals surface area contributed by atoms with Gasteiger partial charge in [0.2, 0.25) is 0 Å². The highest BCUT2D eigenvalue weighted by Gasteiger charge is 2.16. The van der Waals surface area contributed by atoms with E-state index in [1.807, 2.05) is 43.3 Å². The van der Waals surface area contributed by atoms with E-state index in [2.05, 4.69) is 23.3 Å². The van der Waals surface area contributed by atoms with Crippen LogP contribution in [0.5, 0.6) is 5.75 Å². The average Bonchev–Trinajstić information content (AvgIpc) is 2.88. The molecule has 22 heavy (non-hydrogen) atoms. The number of nitrogens with zero attached hydrogens (tertiary/aromatic N) is 1. The van der Waals surface area contributed by atoms with E-state index in [1.54, 1.807) is 0 Å². The van der Waals surface area contributed by atoms with Crippen molar-refractivity contribution < 1.29 is 9.53 Å².